The molecule has 110 valence electrons. The molecule has 3 nitrogen and oxygen atoms in total. The van der Waals surface area contributed by atoms with Gasteiger partial charge in [0, 0.05) is 19.2 Å². The van der Waals surface area contributed by atoms with Crippen LogP contribution in [0.15, 0.2) is 0 Å². The molecule has 19 heavy (non-hydrogen) atoms. The lowest BCUT2D eigenvalue weighted by atomic mass is 9.83. The van der Waals surface area contributed by atoms with Gasteiger partial charge in [-0.2, -0.15) is 11.8 Å². The SMILES string of the molecule is CC1CCN(C2CCOC3(CCSCC3)C2)CC1O. The maximum Gasteiger partial charge on any atom is 0.0713 e. The number of aliphatic hydroxyl groups is 1. The summed E-state index contributed by atoms with van der Waals surface area (Å²) in [6, 6.07) is 0.638. The van der Waals surface area contributed by atoms with Gasteiger partial charge >= 0.3 is 0 Å². The van der Waals surface area contributed by atoms with Crippen molar-refractivity contribution < 1.29 is 9.84 Å². The van der Waals surface area contributed by atoms with Gasteiger partial charge < -0.3 is 9.84 Å². The summed E-state index contributed by atoms with van der Waals surface area (Å²) in [4.78, 5) is 2.54. The number of nitrogens with zero attached hydrogens (tertiary/aromatic N) is 1. The summed E-state index contributed by atoms with van der Waals surface area (Å²) >= 11 is 2.07. The Balaban J connectivity index is 1.61. The molecule has 0 aromatic carbocycles. The summed E-state index contributed by atoms with van der Waals surface area (Å²) in [6.45, 7) is 5.12. The van der Waals surface area contributed by atoms with Crippen LogP contribution in [0.3, 0.4) is 0 Å². The number of likely N-dealkylation sites (tertiary alicyclic amines) is 1. The zero-order chi connectivity index (χ0) is 13.3. The number of hydrogen-bond acceptors (Lipinski definition) is 4. The third kappa shape index (κ3) is 3.12. The standard InChI is InChI=1S/C15H27NO2S/c1-12-2-6-16(11-14(12)17)13-3-7-18-15(10-13)4-8-19-9-5-15/h12-14,17H,2-11H2,1H3. The third-order valence-corrected chi connectivity index (χ3v) is 6.32. The van der Waals surface area contributed by atoms with Crippen LogP contribution in [-0.2, 0) is 4.74 Å². The molecule has 1 spiro atoms. The van der Waals surface area contributed by atoms with Gasteiger partial charge in [0.1, 0.15) is 0 Å². The second-order valence-corrected chi connectivity index (χ2v) is 7.84. The average Bonchev–Trinajstić information content (AvgIpc) is 2.43. The predicted molar refractivity (Wildman–Crippen MR) is 79.6 cm³/mol. The van der Waals surface area contributed by atoms with Gasteiger partial charge in [-0.05, 0) is 56.1 Å². The van der Waals surface area contributed by atoms with Crippen LogP contribution in [0.5, 0.6) is 0 Å². The summed E-state index contributed by atoms with van der Waals surface area (Å²) < 4.78 is 6.17. The fourth-order valence-electron chi connectivity index (χ4n) is 3.81. The highest BCUT2D eigenvalue weighted by Gasteiger charge is 2.41. The van der Waals surface area contributed by atoms with Gasteiger partial charge in [-0.15, -0.1) is 0 Å². The Bertz CT molecular complexity index is 301. The Labute approximate surface area is 121 Å². The molecule has 0 aliphatic carbocycles. The van der Waals surface area contributed by atoms with Crippen molar-refractivity contribution in [2.24, 2.45) is 5.92 Å². The average molecular weight is 285 g/mol. The number of ether oxygens (including phenoxy) is 1. The minimum absolute atomic E-state index is 0.130. The first kappa shape index (κ1) is 14.2. The fourth-order valence-corrected chi connectivity index (χ4v) is 5.05. The number of rotatable bonds is 1. The molecule has 0 amide bonds. The van der Waals surface area contributed by atoms with E-state index >= 15 is 0 Å². The molecule has 0 aromatic heterocycles. The zero-order valence-electron chi connectivity index (χ0n) is 12.0. The van der Waals surface area contributed by atoms with Crippen LogP contribution in [0, 0.1) is 5.92 Å². The van der Waals surface area contributed by atoms with E-state index < -0.39 is 0 Å². The molecule has 3 aliphatic heterocycles. The highest BCUT2D eigenvalue weighted by atomic mass is 32.2. The van der Waals surface area contributed by atoms with Crippen LogP contribution in [0.1, 0.15) is 39.0 Å². The van der Waals surface area contributed by atoms with Crippen molar-refractivity contribution in [3.63, 3.8) is 0 Å². The van der Waals surface area contributed by atoms with Gasteiger partial charge in [0.15, 0.2) is 0 Å². The Hall–Kier alpha value is 0.230. The minimum Gasteiger partial charge on any atom is -0.392 e. The number of piperidine rings is 1. The van der Waals surface area contributed by atoms with Crippen molar-refractivity contribution >= 4 is 11.8 Å². The Kier molecular flexibility index (Phi) is 4.42. The smallest absolute Gasteiger partial charge is 0.0713 e. The molecule has 4 heteroatoms. The minimum atomic E-state index is -0.130. The lowest BCUT2D eigenvalue weighted by Gasteiger charge is -2.48. The molecule has 0 saturated carbocycles. The summed E-state index contributed by atoms with van der Waals surface area (Å²) in [5.74, 6) is 2.98. The van der Waals surface area contributed by atoms with E-state index in [4.69, 9.17) is 4.74 Å². The lowest BCUT2D eigenvalue weighted by Crippen LogP contribution is -2.54. The molecule has 0 aromatic rings. The highest BCUT2D eigenvalue weighted by Crippen LogP contribution is 2.39. The van der Waals surface area contributed by atoms with Gasteiger partial charge in [-0.25, -0.2) is 0 Å². The van der Waals surface area contributed by atoms with E-state index in [2.05, 4.69) is 23.6 Å². The van der Waals surface area contributed by atoms with Crippen molar-refractivity contribution in [3.05, 3.63) is 0 Å². The van der Waals surface area contributed by atoms with Crippen molar-refractivity contribution in [2.45, 2.75) is 56.8 Å². The molecule has 3 fully saturated rings. The van der Waals surface area contributed by atoms with E-state index in [0.717, 1.165) is 32.5 Å². The summed E-state index contributed by atoms with van der Waals surface area (Å²) in [6.07, 6.45) is 5.79. The van der Waals surface area contributed by atoms with Gasteiger partial charge in [-0.3, -0.25) is 4.90 Å². The van der Waals surface area contributed by atoms with Crippen molar-refractivity contribution in [2.75, 3.05) is 31.2 Å². The summed E-state index contributed by atoms with van der Waals surface area (Å²) in [5.41, 5.74) is 0.169. The van der Waals surface area contributed by atoms with Gasteiger partial charge in [0.2, 0.25) is 0 Å². The normalized spacial score (nSPS) is 40.4. The fraction of sp³-hybridized carbons (Fsp3) is 1.00. The Morgan fingerprint density at radius 2 is 2.05 bits per heavy atom. The Morgan fingerprint density at radius 3 is 2.79 bits per heavy atom. The van der Waals surface area contributed by atoms with E-state index in [1.54, 1.807) is 0 Å². The largest absolute Gasteiger partial charge is 0.392 e. The summed E-state index contributed by atoms with van der Waals surface area (Å²) in [7, 11) is 0. The van der Waals surface area contributed by atoms with Crippen LogP contribution in [0.25, 0.3) is 0 Å². The second-order valence-electron chi connectivity index (χ2n) is 6.62. The van der Waals surface area contributed by atoms with Crippen LogP contribution in [0.2, 0.25) is 0 Å². The summed E-state index contributed by atoms with van der Waals surface area (Å²) in [5, 5.41) is 10.1. The Morgan fingerprint density at radius 1 is 1.26 bits per heavy atom. The number of aliphatic hydroxyl groups excluding tert-OH is 1. The quantitative estimate of drug-likeness (QED) is 0.800. The molecule has 3 unspecified atom stereocenters. The molecule has 3 rings (SSSR count). The maximum atomic E-state index is 10.1. The van der Waals surface area contributed by atoms with Crippen LogP contribution < -0.4 is 0 Å². The topological polar surface area (TPSA) is 32.7 Å². The first-order valence-corrected chi connectivity index (χ1v) is 8.98. The van der Waals surface area contributed by atoms with E-state index in [1.807, 2.05) is 0 Å². The predicted octanol–water partition coefficient (Wildman–Crippen LogP) is 2.13. The van der Waals surface area contributed by atoms with E-state index in [1.165, 1.54) is 30.8 Å². The molecular formula is C15H27NO2S. The molecule has 3 heterocycles. The molecule has 1 N–H and O–H groups in total. The maximum absolute atomic E-state index is 10.1. The van der Waals surface area contributed by atoms with Gasteiger partial charge in [0.25, 0.3) is 0 Å². The van der Waals surface area contributed by atoms with Crippen LogP contribution >= 0.6 is 11.8 Å². The molecule has 0 radical (unpaired) electrons. The number of thioether (sulfide) groups is 1. The van der Waals surface area contributed by atoms with Crippen molar-refractivity contribution in [1.29, 1.82) is 0 Å². The first-order chi connectivity index (χ1) is 9.19. The second kappa shape index (κ2) is 5.92. The van der Waals surface area contributed by atoms with Gasteiger partial charge in [0.05, 0.1) is 11.7 Å². The van der Waals surface area contributed by atoms with Gasteiger partial charge in [-0.1, -0.05) is 6.92 Å². The van der Waals surface area contributed by atoms with E-state index in [-0.39, 0.29) is 11.7 Å². The highest BCUT2D eigenvalue weighted by molar-refractivity contribution is 7.99. The third-order valence-electron chi connectivity index (χ3n) is 5.34. The first-order valence-electron chi connectivity index (χ1n) is 7.82. The van der Waals surface area contributed by atoms with E-state index in [0.29, 0.717) is 12.0 Å². The number of hydrogen-bond donors (Lipinski definition) is 1. The van der Waals surface area contributed by atoms with Crippen molar-refractivity contribution in [3.8, 4) is 0 Å². The molecule has 3 aliphatic rings. The van der Waals surface area contributed by atoms with Crippen molar-refractivity contribution in [1.82, 2.24) is 4.90 Å². The monoisotopic (exact) mass is 285 g/mol. The molecule has 0 bridgehead atoms. The molecule has 3 atom stereocenters. The lowest BCUT2D eigenvalue weighted by molar-refractivity contribution is -0.119. The molecule has 3 saturated heterocycles. The number of β-amino-alcohol motifs (C(OH)–C–C–N with tert-alkyl or cyclic N) is 1. The van der Waals surface area contributed by atoms with Crippen LogP contribution in [0.4, 0.5) is 0 Å². The zero-order valence-corrected chi connectivity index (χ0v) is 12.8. The van der Waals surface area contributed by atoms with E-state index in [9.17, 15) is 5.11 Å². The van der Waals surface area contributed by atoms with Crippen LogP contribution in [-0.4, -0.2) is 59.0 Å². The molecular weight excluding hydrogens is 258 g/mol.